The van der Waals surface area contributed by atoms with Gasteiger partial charge in [-0.05, 0) is 23.8 Å². The van der Waals surface area contributed by atoms with E-state index in [-0.39, 0.29) is 21.5 Å². The normalized spacial score (nSPS) is 14.1. The molecule has 3 aromatic rings. The number of hydrogen-bond acceptors (Lipinski definition) is 5. The molecule has 0 spiro atoms. The number of carbonyl (C=O) groups is 3. The van der Waals surface area contributed by atoms with Gasteiger partial charge in [-0.3, -0.25) is 14.4 Å². The number of fused-ring (bicyclic) bond motifs is 1. The van der Waals surface area contributed by atoms with Crippen molar-refractivity contribution in [1.29, 1.82) is 0 Å². The number of hydrogen-bond donors (Lipinski definition) is 4. The number of hydroxylamine groups is 2. The minimum absolute atomic E-state index is 0.122. The summed E-state index contributed by atoms with van der Waals surface area (Å²) in [6.45, 7) is 0. The SMILES string of the molecule is CON(C)C(=O)C(O)C(C(N)=O)(c1ccccc1)c1c(C(=O)O)[nH]c2ccc(Cl)cc12. The van der Waals surface area contributed by atoms with E-state index in [1.54, 1.807) is 18.2 Å². The van der Waals surface area contributed by atoms with Crippen LogP contribution in [0.25, 0.3) is 10.9 Å². The Kier molecular flexibility index (Phi) is 6.03. The molecule has 9 nitrogen and oxygen atoms in total. The Morgan fingerprint density at radius 3 is 2.39 bits per heavy atom. The highest BCUT2D eigenvalue weighted by Gasteiger charge is 2.54. The molecule has 10 heteroatoms. The molecule has 1 aromatic heterocycles. The molecule has 0 aliphatic rings. The number of carboxylic acid groups (broad SMARTS) is 1. The molecule has 0 aliphatic heterocycles. The lowest BCUT2D eigenvalue weighted by molar-refractivity contribution is -0.181. The number of nitrogens with two attached hydrogens (primary N) is 1. The maximum absolute atomic E-state index is 13.1. The standard InChI is InChI=1S/C21H20ClN3O6/c1-25(31-2)18(27)17(26)21(20(23)30,11-6-4-3-5-7-11)15-13-10-12(22)8-9-14(13)24-16(15)19(28)29/h3-10,17,24,26H,1-2H3,(H2,23,30)(H,28,29). The third-order valence-electron chi connectivity index (χ3n) is 5.21. The van der Waals surface area contributed by atoms with Crippen LogP contribution in [0.1, 0.15) is 21.6 Å². The monoisotopic (exact) mass is 445 g/mol. The number of halogens is 1. The first-order chi connectivity index (χ1) is 14.7. The minimum atomic E-state index is -2.28. The number of likely N-dealkylation sites (N-methyl/N-ethyl adjacent to an activating group) is 1. The van der Waals surface area contributed by atoms with E-state index in [0.29, 0.717) is 5.52 Å². The number of benzene rings is 2. The van der Waals surface area contributed by atoms with Gasteiger partial charge in [0.1, 0.15) is 11.1 Å². The number of amides is 2. The van der Waals surface area contributed by atoms with Crippen molar-refractivity contribution in [2.75, 3.05) is 14.2 Å². The molecule has 2 unspecified atom stereocenters. The third kappa shape index (κ3) is 3.52. The van der Waals surface area contributed by atoms with Crippen molar-refractivity contribution in [1.82, 2.24) is 10.0 Å². The topological polar surface area (TPSA) is 146 Å². The van der Waals surface area contributed by atoms with Crippen LogP contribution in [0.4, 0.5) is 0 Å². The number of aromatic carboxylic acids is 1. The van der Waals surface area contributed by atoms with E-state index in [0.717, 1.165) is 5.06 Å². The fourth-order valence-electron chi connectivity index (χ4n) is 3.72. The molecule has 0 saturated heterocycles. The van der Waals surface area contributed by atoms with E-state index < -0.39 is 35.0 Å². The first kappa shape index (κ1) is 22.3. The van der Waals surface area contributed by atoms with Crippen LogP contribution in [-0.2, 0) is 19.8 Å². The summed E-state index contributed by atoms with van der Waals surface area (Å²) in [5.41, 5.74) is 3.41. The minimum Gasteiger partial charge on any atom is -0.477 e. The molecule has 5 N–H and O–H groups in total. The Morgan fingerprint density at radius 1 is 1.19 bits per heavy atom. The molecule has 0 aliphatic carbocycles. The van der Waals surface area contributed by atoms with Crippen molar-refractivity contribution < 1.29 is 29.4 Å². The summed E-state index contributed by atoms with van der Waals surface area (Å²) < 4.78 is 0. The van der Waals surface area contributed by atoms with Crippen LogP contribution >= 0.6 is 11.6 Å². The lowest BCUT2D eigenvalue weighted by Gasteiger charge is -2.36. The second kappa shape index (κ2) is 8.38. The largest absolute Gasteiger partial charge is 0.477 e. The molecule has 0 saturated carbocycles. The zero-order chi connectivity index (χ0) is 22.9. The van der Waals surface area contributed by atoms with E-state index in [1.165, 1.54) is 44.5 Å². The van der Waals surface area contributed by atoms with Crippen LogP contribution in [0.5, 0.6) is 0 Å². The molecular formula is C21H20ClN3O6. The molecule has 0 bridgehead atoms. The number of aromatic nitrogens is 1. The molecule has 0 radical (unpaired) electrons. The van der Waals surface area contributed by atoms with Crippen LogP contribution in [0.2, 0.25) is 5.02 Å². The first-order valence-electron chi connectivity index (χ1n) is 9.06. The molecule has 31 heavy (non-hydrogen) atoms. The van der Waals surface area contributed by atoms with E-state index >= 15 is 0 Å². The van der Waals surface area contributed by atoms with Gasteiger partial charge in [-0.25, -0.2) is 9.86 Å². The number of nitrogens with one attached hydrogen (secondary N) is 1. The average molecular weight is 446 g/mol. The van der Waals surface area contributed by atoms with Crippen LogP contribution in [-0.4, -0.2) is 58.3 Å². The molecule has 2 atom stereocenters. The molecule has 162 valence electrons. The van der Waals surface area contributed by atoms with Crippen molar-refractivity contribution in [3.8, 4) is 0 Å². The number of H-pyrrole nitrogens is 1. The van der Waals surface area contributed by atoms with E-state index in [2.05, 4.69) is 4.98 Å². The summed E-state index contributed by atoms with van der Waals surface area (Å²) in [5.74, 6) is -3.55. The van der Waals surface area contributed by atoms with Crippen molar-refractivity contribution in [3.63, 3.8) is 0 Å². The predicted octanol–water partition coefficient (Wildman–Crippen LogP) is 1.67. The van der Waals surface area contributed by atoms with Gasteiger partial charge in [0.05, 0.1) is 7.11 Å². The summed E-state index contributed by atoms with van der Waals surface area (Å²) in [5, 5.41) is 22.3. The summed E-state index contributed by atoms with van der Waals surface area (Å²) in [4.78, 5) is 45.8. The van der Waals surface area contributed by atoms with Crippen LogP contribution < -0.4 is 5.73 Å². The molecule has 3 rings (SSSR count). The summed E-state index contributed by atoms with van der Waals surface area (Å²) in [6.07, 6.45) is -2.12. The smallest absolute Gasteiger partial charge is 0.352 e. The van der Waals surface area contributed by atoms with Crippen molar-refractivity contribution in [2.24, 2.45) is 5.73 Å². The lowest BCUT2D eigenvalue weighted by Crippen LogP contribution is -2.57. The van der Waals surface area contributed by atoms with Gasteiger partial charge in [0.2, 0.25) is 5.91 Å². The van der Waals surface area contributed by atoms with Gasteiger partial charge in [0.15, 0.2) is 6.10 Å². The zero-order valence-electron chi connectivity index (χ0n) is 16.6. The average Bonchev–Trinajstić information content (AvgIpc) is 3.13. The number of aromatic amines is 1. The second-order valence-corrected chi connectivity index (χ2v) is 7.27. The Labute approximate surface area is 181 Å². The Bertz CT molecular complexity index is 1160. The number of carbonyl (C=O) groups excluding carboxylic acids is 2. The van der Waals surface area contributed by atoms with E-state index in [1.807, 2.05) is 0 Å². The van der Waals surface area contributed by atoms with Crippen LogP contribution in [0.3, 0.4) is 0 Å². The Hall–Kier alpha value is -3.40. The number of rotatable bonds is 7. The van der Waals surface area contributed by atoms with Crippen LogP contribution in [0.15, 0.2) is 48.5 Å². The molecular weight excluding hydrogens is 426 g/mol. The van der Waals surface area contributed by atoms with Crippen molar-refractivity contribution in [2.45, 2.75) is 11.5 Å². The van der Waals surface area contributed by atoms with Gasteiger partial charge in [-0.2, -0.15) is 0 Å². The summed E-state index contributed by atoms with van der Waals surface area (Å²) in [7, 11) is 2.44. The van der Waals surface area contributed by atoms with Crippen LogP contribution in [0, 0.1) is 0 Å². The van der Waals surface area contributed by atoms with E-state index in [4.69, 9.17) is 22.2 Å². The lowest BCUT2D eigenvalue weighted by atomic mass is 9.68. The highest BCUT2D eigenvalue weighted by atomic mass is 35.5. The van der Waals surface area contributed by atoms with Crippen molar-refractivity contribution >= 4 is 40.3 Å². The highest BCUT2D eigenvalue weighted by molar-refractivity contribution is 6.31. The molecule has 0 fully saturated rings. The fourth-order valence-corrected chi connectivity index (χ4v) is 3.89. The Balaban J connectivity index is 2.52. The summed E-state index contributed by atoms with van der Waals surface area (Å²) in [6, 6.07) is 12.3. The Morgan fingerprint density at radius 2 is 1.84 bits per heavy atom. The maximum atomic E-state index is 13.1. The zero-order valence-corrected chi connectivity index (χ0v) is 17.4. The molecule has 1 heterocycles. The maximum Gasteiger partial charge on any atom is 0.352 e. The van der Waals surface area contributed by atoms with Gasteiger partial charge >= 0.3 is 5.97 Å². The number of nitrogens with zero attached hydrogens (tertiary/aromatic N) is 1. The van der Waals surface area contributed by atoms with Crippen molar-refractivity contribution in [3.05, 3.63) is 70.4 Å². The number of aliphatic hydroxyl groups excluding tert-OH is 1. The predicted molar refractivity (Wildman–Crippen MR) is 112 cm³/mol. The number of aliphatic hydroxyl groups is 1. The molecule has 2 aromatic carbocycles. The van der Waals surface area contributed by atoms with Gasteiger partial charge in [0, 0.05) is 28.5 Å². The first-order valence-corrected chi connectivity index (χ1v) is 9.44. The number of carboxylic acids is 1. The fraction of sp³-hybridized carbons (Fsp3) is 0.190. The van der Waals surface area contributed by atoms with Gasteiger partial charge in [-0.1, -0.05) is 41.9 Å². The van der Waals surface area contributed by atoms with Gasteiger partial charge in [0.25, 0.3) is 5.91 Å². The summed E-state index contributed by atoms with van der Waals surface area (Å²) >= 11 is 6.14. The van der Waals surface area contributed by atoms with E-state index in [9.17, 15) is 24.6 Å². The second-order valence-electron chi connectivity index (χ2n) is 6.83. The highest BCUT2D eigenvalue weighted by Crippen LogP contribution is 2.43. The van der Waals surface area contributed by atoms with Gasteiger partial charge in [-0.15, -0.1) is 0 Å². The number of primary amides is 1. The van der Waals surface area contributed by atoms with Gasteiger partial charge < -0.3 is 20.9 Å². The molecule has 2 amide bonds. The quantitative estimate of drug-likeness (QED) is 0.407. The third-order valence-corrected chi connectivity index (χ3v) is 5.45.